The predicted molar refractivity (Wildman–Crippen MR) is 76.5 cm³/mol. The Morgan fingerprint density at radius 3 is 2.65 bits per heavy atom. The maximum absolute atomic E-state index is 12.5. The molecule has 112 valence electrons. The maximum Gasteiger partial charge on any atom is 0.253 e. The molecule has 2 rings (SSSR count). The summed E-state index contributed by atoms with van der Waals surface area (Å²) in [7, 11) is -3.54. The van der Waals surface area contributed by atoms with E-state index < -0.39 is 10.0 Å². The van der Waals surface area contributed by atoms with Crippen LogP contribution in [-0.4, -0.2) is 46.3 Å². The molecule has 1 fully saturated rings. The molecule has 0 radical (unpaired) electrons. The largest absolute Gasteiger partial charge is 0.379 e. The predicted octanol–water partition coefficient (Wildman–Crippen LogP) is 0.322. The molecule has 1 aliphatic rings. The van der Waals surface area contributed by atoms with Crippen molar-refractivity contribution in [2.75, 3.05) is 32.8 Å². The van der Waals surface area contributed by atoms with E-state index in [-0.39, 0.29) is 0 Å². The summed E-state index contributed by atoms with van der Waals surface area (Å²) < 4.78 is 30.1. The first-order valence-electron chi connectivity index (χ1n) is 6.77. The minimum atomic E-state index is -3.54. The Bertz CT molecular complexity index is 527. The molecule has 0 bridgehead atoms. The molecule has 1 aromatic rings. The van der Waals surface area contributed by atoms with Gasteiger partial charge in [0.2, 0.25) is 0 Å². The highest BCUT2D eigenvalue weighted by molar-refractivity contribution is 7.89. The maximum atomic E-state index is 12.5. The number of ether oxygens (including phenoxy) is 1. The Morgan fingerprint density at radius 1 is 1.25 bits per heavy atom. The third kappa shape index (κ3) is 4.00. The number of rotatable bonds is 6. The summed E-state index contributed by atoms with van der Waals surface area (Å²) in [4.78, 5) is 2.95. The number of hydrogen-bond acceptors (Lipinski definition) is 5. The molecule has 1 saturated heterocycles. The summed E-state index contributed by atoms with van der Waals surface area (Å²) in [6.45, 7) is 5.54. The minimum absolute atomic E-state index is 0.326. The molecule has 6 nitrogen and oxygen atoms in total. The van der Waals surface area contributed by atoms with E-state index in [4.69, 9.17) is 4.74 Å². The van der Waals surface area contributed by atoms with E-state index in [1.165, 1.54) is 0 Å². The number of sulfonamides is 1. The van der Waals surface area contributed by atoms with Crippen LogP contribution in [0.5, 0.6) is 0 Å². The molecule has 0 saturated carbocycles. The standard InChI is InChI=1S/C13H21N3O3S/c1-2-14-11-12-5-3-4-6-13(12)20(17,18)15-16-7-9-19-10-8-16/h3-6,14-15H,2,7-11H2,1H3. The fraction of sp³-hybridized carbons (Fsp3) is 0.538. The van der Waals surface area contributed by atoms with Crippen molar-refractivity contribution < 1.29 is 13.2 Å². The molecule has 1 aliphatic heterocycles. The second-order valence-electron chi connectivity index (χ2n) is 4.58. The van der Waals surface area contributed by atoms with Gasteiger partial charge in [0.1, 0.15) is 0 Å². The Morgan fingerprint density at radius 2 is 1.95 bits per heavy atom. The second kappa shape index (κ2) is 7.14. The second-order valence-corrected chi connectivity index (χ2v) is 6.21. The van der Waals surface area contributed by atoms with Crippen LogP contribution >= 0.6 is 0 Å². The van der Waals surface area contributed by atoms with Crippen molar-refractivity contribution in [3.63, 3.8) is 0 Å². The van der Waals surface area contributed by atoms with Gasteiger partial charge >= 0.3 is 0 Å². The molecular formula is C13H21N3O3S. The average Bonchev–Trinajstić information content (AvgIpc) is 2.46. The zero-order chi connectivity index (χ0) is 14.4. The van der Waals surface area contributed by atoms with Gasteiger partial charge in [-0.2, -0.15) is 0 Å². The number of nitrogens with zero attached hydrogens (tertiary/aromatic N) is 1. The monoisotopic (exact) mass is 299 g/mol. The van der Waals surface area contributed by atoms with E-state index in [2.05, 4.69) is 10.1 Å². The van der Waals surface area contributed by atoms with Crippen molar-refractivity contribution >= 4 is 10.0 Å². The van der Waals surface area contributed by atoms with E-state index in [1.54, 1.807) is 17.1 Å². The lowest BCUT2D eigenvalue weighted by Gasteiger charge is -2.27. The normalized spacial score (nSPS) is 17.2. The topological polar surface area (TPSA) is 70.7 Å². The van der Waals surface area contributed by atoms with Gasteiger partial charge in [0.25, 0.3) is 10.0 Å². The Kier molecular flexibility index (Phi) is 5.50. The Labute approximate surface area is 120 Å². The summed E-state index contributed by atoms with van der Waals surface area (Å²) in [5.74, 6) is 0. The summed E-state index contributed by atoms with van der Waals surface area (Å²) in [6.07, 6.45) is 0. The van der Waals surface area contributed by atoms with E-state index in [1.807, 2.05) is 19.1 Å². The molecule has 0 aromatic heterocycles. The molecule has 0 atom stereocenters. The van der Waals surface area contributed by atoms with Crippen LogP contribution < -0.4 is 10.1 Å². The van der Waals surface area contributed by atoms with Gasteiger partial charge in [0.15, 0.2) is 0 Å². The lowest BCUT2D eigenvalue weighted by atomic mass is 10.2. The average molecular weight is 299 g/mol. The van der Waals surface area contributed by atoms with Crippen molar-refractivity contribution in [3.8, 4) is 0 Å². The SMILES string of the molecule is CCNCc1ccccc1S(=O)(=O)NN1CCOCC1. The third-order valence-corrected chi connectivity index (χ3v) is 4.56. The summed E-state index contributed by atoms with van der Waals surface area (Å²) >= 11 is 0. The first kappa shape index (κ1) is 15.4. The molecule has 7 heteroatoms. The number of nitrogens with one attached hydrogen (secondary N) is 2. The Hall–Kier alpha value is -0.990. The van der Waals surface area contributed by atoms with Crippen molar-refractivity contribution in [1.29, 1.82) is 0 Å². The summed E-state index contributed by atoms with van der Waals surface area (Å²) in [5.41, 5.74) is 0.773. The molecule has 1 aromatic carbocycles. The van der Waals surface area contributed by atoms with Crippen LogP contribution in [0.25, 0.3) is 0 Å². The van der Waals surface area contributed by atoms with Gasteiger partial charge in [-0.05, 0) is 18.2 Å². The molecular weight excluding hydrogens is 278 g/mol. The van der Waals surface area contributed by atoms with E-state index in [9.17, 15) is 8.42 Å². The van der Waals surface area contributed by atoms with Crippen molar-refractivity contribution in [1.82, 2.24) is 15.2 Å². The van der Waals surface area contributed by atoms with Crippen LogP contribution in [0.15, 0.2) is 29.2 Å². The van der Waals surface area contributed by atoms with Gasteiger partial charge < -0.3 is 10.1 Å². The van der Waals surface area contributed by atoms with Crippen molar-refractivity contribution in [2.45, 2.75) is 18.4 Å². The zero-order valence-electron chi connectivity index (χ0n) is 11.6. The summed E-state index contributed by atoms with van der Waals surface area (Å²) in [6, 6.07) is 7.05. The fourth-order valence-corrected chi connectivity index (χ4v) is 3.41. The number of hydrogen-bond donors (Lipinski definition) is 2. The molecule has 2 N–H and O–H groups in total. The lowest BCUT2D eigenvalue weighted by molar-refractivity contribution is 0.0272. The number of morpholine rings is 1. The van der Waals surface area contributed by atoms with Crippen LogP contribution in [0.3, 0.4) is 0 Å². The molecule has 0 spiro atoms. The van der Waals surface area contributed by atoms with Gasteiger partial charge in [0.05, 0.1) is 18.1 Å². The highest BCUT2D eigenvalue weighted by Crippen LogP contribution is 2.15. The van der Waals surface area contributed by atoms with Crippen LogP contribution in [0.1, 0.15) is 12.5 Å². The smallest absolute Gasteiger partial charge is 0.253 e. The first-order chi connectivity index (χ1) is 9.63. The van der Waals surface area contributed by atoms with E-state index >= 15 is 0 Å². The molecule has 20 heavy (non-hydrogen) atoms. The summed E-state index contributed by atoms with van der Waals surface area (Å²) in [5, 5.41) is 4.84. The van der Waals surface area contributed by atoms with Gasteiger partial charge in [-0.1, -0.05) is 25.1 Å². The third-order valence-electron chi connectivity index (χ3n) is 3.09. The van der Waals surface area contributed by atoms with Gasteiger partial charge in [-0.15, -0.1) is 4.83 Å². The first-order valence-corrected chi connectivity index (χ1v) is 8.25. The van der Waals surface area contributed by atoms with Crippen molar-refractivity contribution in [2.24, 2.45) is 0 Å². The van der Waals surface area contributed by atoms with Gasteiger partial charge in [-0.25, -0.2) is 13.4 Å². The zero-order valence-corrected chi connectivity index (χ0v) is 12.4. The Balaban J connectivity index is 2.15. The lowest BCUT2D eigenvalue weighted by Crippen LogP contribution is -2.48. The minimum Gasteiger partial charge on any atom is -0.379 e. The van der Waals surface area contributed by atoms with Crippen LogP contribution in [-0.2, 0) is 21.3 Å². The van der Waals surface area contributed by atoms with Crippen LogP contribution in [0.2, 0.25) is 0 Å². The molecule has 0 aliphatic carbocycles. The highest BCUT2D eigenvalue weighted by atomic mass is 32.2. The number of hydrazine groups is 1. The van der Waals surface area contributed by atoms with Crippen LogP contribution in [0, 0.1) is 0 Å². The van der Waals surface area contributed by atoms with Crippen LogP contribution in [0.4, 0.5) is 0 Å². The molecule has 1 heterocycles. The molecule has 0 unspecified atom stereocenters. The quantitative estimate of drug-likeness (QED) is 0.792. The fourth-order valence-electron chi connectivity index (χ4n) is 2.05. The van der Waals surface area contributed by atoms with Gasteiger partial charge in [-0.3, -0.25) is 0 Å². The molecule has 0 amide bonds. The highest BCUT2D eigenvalue weighted by Gasteiger charge is 2.22. The van der Waals surface area contributed by atoms with E-state index in [0.717, 1.165) is 12.1 Å². The van der Waals surface area contributed by atoms with Gasteiger partial charge in [0, 0.05) is 19.6 Å². The van der Waals surface area contributed by atoms with E-state index in [0.29, 0.717) is 37.7 Å². The number of benzene rings is 1. The van der Waals surface area contributed by atoms with Crippen molar-refractivity contribution in [3.05, 3.63) is 29.8 Å².